The van der Waals surface area contributed by atoms with Crippen molar-refractivity contribution in [2.45, 2.75) is 20.8 Å². The van der Waals surface area contributed by atoms with Gasteiger partial charge in [0.15, 0.2) is 5.78 Å². The summed E-state index contributed by atoms with van der Waals surface area (Å²) in [6.45, 7) is 5.95. The van der Waals surface area contributed by atoms with Crippen LogP contribution in [0.2, 0.25) is 0 Å². The van der Waals surface area contributed by atoms with Gasteiger partial charge in [0.25, 0.3) is 0 Å². The van der Waals surface area contributed by atoms with E-state index in [-0.39, 0.29) is 5.78 Å². The molecular weight excluding hydrogens is 246 g/mol. The lowest BCUT2D eigenvalue weighted by molar-refractivity contribution is 0.104. The predicted molar refractivity (Wildman–Crippen MR) is 84.1 cm³/mol. The Bertz CT molecular complexity index is 621. The number of allylic oxidation sites excluding steroid dienone is 2. The molecule has 2 aromatic rings. The molecule has 0 radical (unpaired) electrons. The Morgan fingerprint density at radius 1 is 0.900 bits per heavy atom. The third kappa shape index (κ3) is 3.82. The summed E-state index contributed by atoms with van der Waals surface area (Å²) in [4.78, 5) is 12.1. The first-order valence-electron chi connectivity index (χ1n) is 6.67. The second kappa shape index (κ2) is 6.20. The van der Waals surface area contributed by atoms with Crippen LogP contribution in [-0.2, 0) is 0 Å². The van der Waals surface area contributed by atoms with Crippen LogP contribution in [0.4, 0.5) is 5.69 Å². The van der Waals surface area contributed by atoms with Crippen LogP contribution in [0, 0.1) is 13.8 Å². The van der Waals surface area contributed by atoms with Gasteiger partial charge in [-0.2, -0.15) is 0 Å². The maximum Gasteiger partial charge on any atom is 0.187 e. The molecule has 0 spiro atoms. The van der Waals surface area contributed by atoms with Gasteiger partial charge in [-0.1, -0.05) is 47.5 Å². The minimum Gasteiger partial charge on any atom is -0.359 e. The van der Waals surface area contributed by atoms with Crippen LogP contribution in [0.15, 0.2) is 60.3 Å². The molecule has 2 heteroatoms. The maximum atomic E-state index is 12.1. The Morgan fingerprint density at radius 2 is 1.40 bits per heavy atom. The summed E-state index contributed by atoms with van der Waals surface area (Å²) in [7, 11) is 0. The van der Waals surface area contributed by atoms with Gasteiger partial charge in [-0.25, -0.2) is 0 Å². The zero-order valence-corrected chi connectivity index (χ0v) is 12.1. The van der Waals surface area contributed by atoms with Gasteiger partial charge in [-0.05, 0) is 32.9 Å². The van der Waals surface area contributed by atoms with Crippen molar-refractivity contribution in [3.63, 3.8) is 0 Å². The van der Waals surface area contributed by atoms with Crippen molar-refractivity contribution in [2.75, 3.05) is 5.32 Å². The summed E-state index contributed by atoms with van der Waals surface area (Å²) in [5, 5.41) is 3.22. The quantitative estimate of drug-likeness (QED) is 0.651. The fourth-order valence-corrected chi connectivity index (χ4v) is 1.90. The third-order valence-corrected chi connectivity index (χ3v) is 3.08. The highest BCUT2D eigenvalue weighted by Crippen LogP contribution is 2.12. The van der Waals surface area contributed by atoms with E-state index in [1.165, 1.54) is 5.56 Å². The first-order chi connectivity index (χ1) is 9.54. The van der Waals surface area contributed by atoms with E-state index in [1.54, 1.807) is 6.08 Å². The Balaban J connectivity index is 2.07. The summed E-state index contributed by atoms with van der Waals surface area (Å²) in [6, 6.07) is 15.7. The fourth-order valence-electron chi connectivity index (χ4n) is 1.90. The molecule has 0 unspecified atom stereocenters. The largest absolute Gasteiger partial charge is 0.359 e. The van der Waals surface area contributed by atoms with E-state index in [1.807, 2.05) is 69.3 Å². The Morgan fingerprint density at radius 3 is 1.95 bits per heavy atom. The number of anilines is 1. The average molecular weight is 265 g/mol. The van der Waals surface area contributed by atoms with Crippen LogP contribution in [0.3, 0.4) is 0 Å². The first-order valence-corrected chi connectivity index (χ1v) is 6.67. The summed E-state index contributed by atoms with van der Waals surface area (Å²) in [6.07, 6.45) is 1.63. The zero-order valence-electron chi connectivity index (χ0n) is 12.1. The van der Waals surface area contributed by atoms with Gasteiger partial charge in [-0.15, -0.1) is 0 Å². The van der Waals surface area contributed by atoms with Gasteiger partial charge >= 0.3 is 0 Å². The molecule has 0 fully saturated rings. The predicted octanol–water partition coefficient (Wildman–Crippen LogP) is 4.50. The highest BCUT2D eigenvalue weighted by Gasteiger charge is 2.03. The van der Waals surface area contributed by atoms with Gasteiger partial charge in [0.05, 0.1) is 0 Å². The van der Waals surface area contributed by atoms with Crippen molar-refractivity contribution in [2.24, 2.45) is 0 Å². The Hall–Kier alpha value is -2.35. The zero-order chi connectivity index (χ0) is 14.5. The molecule has 0 aliphatic rings. The van der Waals surface area contributed by atoms with Crippen LogP contribution >= 0.6 is 0 Å². The van der Waals surface area contributed by atoms with E-state index in [2.05, 4.69) is 5.32 Å². The molecular formula is C18H19NO. The molecule has 0 saturated heterocycles. The van der Waals surface area contributed by atoms with Crippen LogP contribution in [0.5, 0.6) is 0 Å². The van der Waals surface area contributed by atoms with Crippen molar-refractivity contribution < 1.29 is 4.79 Å². The third-order valence-electron chi connectivity index (χ3n) is 3.08. The smallest absolute Gasteiger partial charge is 0.187 e. The molecule has 2 aromatic carbocycles. The number of aryl methyl sites for hydroxylation is 2. The van der Waals surface area contributed by atoms with Gasteiger partial charge in [0, 0.05) is 23.0 Å². The first kappa shape index (κ1) is 14.1. The van der Waals surface area contributed by atoms with E-state index < -0.39 is 0 Å². The number of benzene rings is 2. The molecule has 20 heavy (non-hydrogen) atoms. The van der Waals surface area contributed by atoms with E-state index in [9.17, 15) is 4.79 Å². The van der Waals surface area contributed by atoms with Crippen molar-refractivity contribution in [1.82, 2.24) is 0 Å². The number of carbonyl (C=O) groups excluding carboxylic acids is 1. The van der Waals surface area contributed by atoms with Crippen LogP contribution < -0.4 is 5.32 Å². The SMILES string of the molecule is C/C(=C\C(=O)c1ccc(C)cc1)Nc1ccc(C)cc1. The van der Waals surface area contributed by atoms with Crippen molar-refractivity contribution in [3.8, 4) is 0 Å². The number of nitrogens with one attached hydrogen (secondary N) is 1. The Labute approximate surface area is 120 Å². The molecule has 0 saturated carbocycles. The molecule has 0 aromatic heterocycles. The minimum absolute atomic E-state index is 0.0158. The van der Waals surface area contributed by atoms with Crippen molar-refractivity contribution in [3.05, 3.63) is 77.0 Å². The lowest BCUT2D eigenvalue weighted by Crippen LogP contribution is -2.01. The van der Waals surface area contributed by atoms with E-state index in [0.29, 0.717) is 5.56 Å². The van der Waals surface area contributed by atoms with Gasteiger partial charge in [-0.3, -0.25) is 4.79 Å². The second-order valence-corrected chi connectivity index (χ2v) is 5.05. The van der Waals surface area contributed by atoms with Gasteiger partial charge in [0.2, 0.25) is 0 Å². The highest BCUT2D eigenvalue weighted by atomic mass is 16.1. The van der Waals surface area contributed by atoms with Gasteiger partial charge < -0.3 is 5.32 Å². The molecule has 0 aliphatic carbocycles. The van der Waals surface area contributed by atoms with Crippen LogP contribution in [0.1, 0.15) is 28.4 Å². The highest BCUT2D eigenvalue weighted by molar-refractivity contribution is 6.05. The van der Waals surface area contributed by atoms with E-state index in [0.717, 1.165) is 16.9 Å². The number of ketones is 1. The van der Waals surface area contributed by atoms with E-state index >= 15 is 0 Å². The van der Waals surface area contributed by atoms with Crippen molar-refractivity contribution in [1.29, 1.82) is 0 Å². The summed E-state index contributed by atoms with van der Waals surface area (Å²) in [5.41, 5.74) is 4.90. The van der Waals surface area contributed by atoms with E-state index in [4.69, 9.17) is 0 Å². The number of hydrogen-bond donors (Lipinski definition) is 1. The lowest BCUT2D eigenvalue weighted by atomic mass is 10.1. The average Bonchev–Trinajstić information content (AvgIpc) is 2.42. The standard InChI is InChI=1S/C18H19NO/c1-13-4-8-16(9-5-13)18(20)12-15(3)19-17-10-6-14(2)7-11-17/h4-12,19H,1-3H3/b15-12+. The molecule has 0 amide bonds. The monoisotopic (exact) mass is 265 g/mol. The summed E-state index contributed by atoms with van der Waals surface area (Å²) in [5.74, 6) is 0.0158. The van der Waals surface area contributed by atoms with Gasteiger partial charge in [0.1, 0.15) is 0 Å². The van der Waals surface area contributed by atoms with Crippen LogP contribution in [0.25, 0.3) is 0 Å². The molecule has 0 aliphatic heterocycles. The summed E-state index contributed by atoms with van der Waals surface area (Å²) >= 11 is 0. The molecule has 0 heterocycles. The Kier molecular flexibility index (Phi) is 4.36. The second-order valence-electron chi connectivity index (χ2n) is 5.05. The fraction of sp³-hybridized carbons (Fsp3) is 0.167. The normalized spacial score (nSPS) is 11.2. The molecule has 2 nitrogen and oxygen atoms in total. The number of hydrogen-bond acceptors (Lipinski definition) is 2. The summed E-state index contributed by atoms with van der Waals surface area (Å²) < 4.78 is 0. The van der Waals surface area contributed by atoms with Crippen molar-refractivity contribution >= 4 is 11.5 Å². The molecule has 0 atom stereocenters. The molecule has 102 valence electrons. The molecule has 1 N–H and O–H groups in total. The topological polar surface area (TPSA) is 29.1 Å². The number of rotatable bonds is 4. The van der Waals surface area contributed by atoms with Crippen LogP contribution in [-0.4, -0.2) is 5.78 Å². The minimum atomic E-state index is 0.0158. The number of carbonyl (C=O) groups is 1. The maximum absolute atomic E-state index is 12.1. The molecule has 2 rings (SSSR count). The molecule has 0 bridgehead atoms. The lowest BCUT2D eigenvalue weighted by Gasteiger charge is -2.07.